The lowest BCUT2D eigenvalue weighted by molar-refractivity contribution is -0.384. The van der Waals surface area contributed by atoms with Crippen molar-refractivity contribution < 1.29 is 9.72 Å². The summed E-state index contributed by atoms with van der Waals surface area (Å²) in [6, 6.07) is 9.69. The lowest BCUT2D eigenvalue weighted by Gasteiger charge is -2.33. The number of hydrogen-bond acceptors (Lipinski definition) is 5. The fraction of sp³-hybridized carbons (Fsp3) is 0.333. The molecule has 1 aromatic heterocycles. The number of hydrogen-bond donors (Lipinski definition) is 1. The number of nitro benzene ring substituents is 1. The second kappa shape index (κ2) is 7.74. The van der Waals surface area contributed by atoms with Crippen LogP contribution >= 0.6 is 0 Å². The Balaban J connectivity index is 1.46. The maximum Gasteiger partial charge on any atom is 0.269 e. The molecule has 25 heavy (non-hydrogen) atoms. The molecular formula is C18H20N4O3. The van der Waals surface area contributed by atoms with Gasteiger partial charge in [-0.15, -0.1) is 0 Å². The van der Waals surface area contributed by atoms with E-state index in [-0.39, 0.29) is 11.6 Å². The molecule has 0 saturated carbocycles. The minimum Gasteiger partial charge on any atom is -0.371 e. The first kappa shape index (κ1) is 16.9. The van der Waals surface area contributed by atoms with Gasteiger partial charge in [0.05, 0.1) is 4.92 Å². The van der Waals surface area contributed by atoms with Crippen molar-refractivity contribution in [3.05, 3.63) is 64.5 Å². The topological polar surface area (TPSA) is 88.4 Å². The lowest BCUT2D eigenvalue weighted by Crippen LogP contribution is -2.38. The number of benzene rings is 1. The summed E-state index contributed by atoms with van der Waals surface area (Å²) < 4.78 is 0. The zero-order chi connectivity index (χ0) is 17.6. The summed E-state index contributed by atoms with van der Waals surface area (Å²) in [5.41, 5.74) is 1.61. The van der Waals surface area contributed by atoms with E-state index in [1.54, 1.807) is 12.4 Å². The average molecular weight is 340 g/mol. The third-order valence-corrected chi connectivity index (χ3v) is 4.53. The van der Waals surface area contributed by atoms with Gasteiger partial charge in [-0.1, -0.05) is 0 Å². The van der Waals surface area contributed by atoms with Gasteiger partial charge in [0.15, 0.2) is 0 Å². The Bertz CT molecular complexity index is 726. The van der Waals surface area contributed by atoms with Gasteiger partial charge in [0.1, 0.15) is 0 Å². The van der Waals surface area contributed by atoms with Gasteiger partial charge in [0.2, 0.25) is 0 Å². The van der Waals surface area contributed by atoms with Crippen LogP contribution in [0.1, 0.15) is 23.2 Å². The lowest BCUT2D eigenvalue weighted by atomic mass is 9.96. The minimum atomic E-state index is -0.474. The molecule has 1 N–H and O–H groups in total. The van der Waals surface area contributed by atoms with E-state index in [0.29, 0.717) is 18.0 Å². The van der Waals surface area contributed by atoms with Gasteiger partial charge < -0.3 is 10.2 Å². The normalized spacial score (nSPS) is 15.0. The highest BCUT2D eigenvalue weighted by atomic mass is 16.6. The van der Waals surface area contributed by atoms with Gasteiger partial charge in [-0.3, -0.25) is 19.9 Å². The highest BCUT2D eigenvalue weighted by Gasteiger charge is 2.20. The molecule has 0 unspecified atom stereocenters. The van der Waals surface area contributed by atoms with Crippen molar-refractivity contribution >= 4 is 17.3 Å². The number of aromatic nitrogens is 1. The second-order valence-electron chi connectivity index (χ2n) is 6.15. The molecule has 1 fully saturated rings. The number of amides is 1. The Labute approximate surface area is 145 Å². The molecule has 2 heterocycles. The van der Waals surface area contributed by atoms with Crippen molar-refractivity contribution in [2.45, 2.75) is 12.8 Å². The van der Waals surface area contributed by atoms with Crippen molar-refractivity contribution in [2.24, 2.45) is 5.92 Å². The van der Waals surface area contributed by atoms with Crippen molar-refractivity contribution in [2.75, 3.05) is 24.5 Å². The van der Waals surface area contributed by atoms with Crippen LogP contribution in [-0.4, -0.2) is 35.4 Å². The van der Waals surface area contributed by atoms with E-state index in [1.165, 1.54) is 30.0 Å². The molecule has 0 atom stereocenters. The zero-order valence-electron chi connectivity index (χ0n) is 13.8. The van der Waals surface area contributed by atoms with Crippen LogP contribution in [0.25, 0.3) is 0 Å². The first-order valence-corrected chi connectivity index (χ1v) is 8.31. The summed E-state index contributed by atoms with van der Waals surface area (Å²) in [7, 11) is 0. The average Bonchev–Trinajstić information content (AvgIpc) is 2.67. The van der Waals surface area contributed by atoms with Crippen molar-refractivity contribution in [1.29, 1.82) is 0 Å². The van der Waals surface area contributed by atoms with Crippen LogP contribution in [0.2, 0.25) is 0 Å². The number of nitrogens with one attached hydrogen (secondary N) is 1. The standard InChI is InChI=1S/C18H20N4O3/c23-18(15-1-3-17(4-2-15)22(24)25)20-13-14-7-11-21(12-8-14)16-5-9-19-10-6-16/h1-6,9-10,14H,7-8,11-13H2,(H,20,23). The highest BCUT2D eigenvalue weighted by molar-refractivity contribution is 5.94. The summed E-state index contributed by atoms with van der Waals surface area (Å²) in [4.78, 5) is 28.7. The molecular weight excluding hydrogens is 320 g/mol. The Kier molecular flexibility index (Phi) is 5.23. The van der Waals surface area contributed by atoms with Crippen molar-refractivity contribution in [3.63, 3.8) is 0 Å². The second-order valence-corrected chi connectivity index (χ2v) is 6.15. The largest absolute Gasteiger partial charge is 0.371 e. The van der Waals surface area contributed by atoms with Crippen LogP contribution in [-0.2, 0) is 0 Å². The maximum atomic E-state index is 12.2. The summed E-state index contributed by atoms with van der Waals surface area (Å²) >= 11 is 0. The highest BCUT2D eigenvalue weighted by Crippen LogP contribution is 2.22. The monoisotopic (exact) mass is 340 g/mol. The first-order chi connectivity index (χ1) is 12.1. The molecule has 0 radical (unpaired) electrons. The van der Waals surface area contributed by atoms with E-state index in [2.05, 4.69) is 15.2 Å². The van der Waals surface area contributed by atoms with E-state index in [1.807, 2.05) is 12.1 Å². The molecule has 7 nitrogen and oxygen atoms in total. The van der Waals surface area contributed by atoms with Gasteiger partial charge >= 0.3 is 0 Å². The number of pyridine rings is 1. The molecule has 3 rings (SSSR count). The number of anilines is 1. The summed E-state index contributed by atoms with van der Waals surface area (Å²) in [5.74, 6) is 0.256. The summed E-state index contributed by atoms with van der Waals surface area (Å²) in [6.07, 6.45) is 5.63. The van der Waals surface area contributed by atoms with Gasteiger partial charge in [-0.2, -0.15) is 0 Å². The van der Waals surface area contributed by atoms with Crippen molar-refractivity contribution in [3.8, 4) is 0 Å². The Hall–Kier alpha value is -2.96. The fourth-order valence-electron chi connectivity index (χ4n) is 3.02. The molecule has 1 aromatic carbocycles. The predicted molar refractivity (Wildman–Crippen MR) is 94.6 cm³/mol. The van der Waals surface area contributed by atoms with Gasteiger partial charge in [0, 0.05) is 55.4 Å². The quantitative estimate of drug-likeness (QED) is 0.668. The number of nitrogens with zero attached hydrogens (tertiary/aromatic N) is 3. The molecule has 7 heteroatoms. The molecule has 0 bridgehead atoms. The third kappa shape index (κ3) is 4.32. The molecule has 1 amide bonds. The number of rotatable bonds is 5. The Morgan fingerprint density at radius 3 is 2.40 bits per heavy atom. The van der Waals surface area contributed by atoms with Crippen LogP contribution in [0.15, 0.2) is 48.8 Å². The molecule has 0 spiro atoms. The number of piperidine rings is 1. The number of carbonyl (C=O) groups is 1. The Morgan fingerprint density at radius 1 is 1.16 bits per heavy atom. The van der Waals surface area contributed by atoms with Gasteiger partial charge in [-0.25, -0.2) is 0 Å². The third-order valence-electron chi connectivity index (χ3n) is 4.53. The van der Waals surface area contributed by atoms with Gasteiger partial charge in [-0.05, 0) is 43.0 Å². The van der Waals surface area contributed by atoms with Crippen LogP contribution in [0.3, 0.4) is 0 Å². The van der Waals surface area contributed by atoms with Crippen LogP contribution < -0.4 is 10.2 Å². The van der Waals surface area contributed by atoms with Crippen LogP contribution in [0.5, 0.6) is 0 Å². The SMILES string of the molecule is O=C(NCC1CCN(c2ccncc2)CC1)c1ccc([N+](=O)[O-])cc1. The summed E-state index contributed by atoms with van der Waals surface area (Å²) in [5, 5.41) is 13.6. The number of non-ortho nitro benzene ring substituents is 1. The smallest absolute Gasteiger partial charge is 0.269 e. The molecule has 0 aliphatic carbocycles. The van der Waals surface area contributed by atoms with E-state index in [0.717, 1.165) is 25.9 Å². The number of nitro groups is 1. The van der Waals surface area contributed by atoms with E-state index in [9.17, 15) is 14.9 Å². The molecule has 130 valence electrons. The summed E-state index contributed by atoms with van der Waals surface area (Å²) in [6.45, 7) is 2.55. The van der Waals surface area contributed by atoms with Crippen molar-refractivity contribution in [1.82, 2.24) is 10.3 Å². The fourth-order valence-corrected chi connectivity index (χ4v) is 3.02. The molecule has 1 aliphatic rings. The molecule has 1 aliphatic heterocycles. The van der Waals surface area contributed by atoms with E-state index >= 15 is 0 Å². The van der Waals surface area contributed by atoms with Crippen LogP contribution in [0, 0.1) is 16.0 Å². The van der Waals surface area contributed by atoms with Gasteiger partial charge in [0.25, 0.3) is 11.6 Å². The predicted octanol–water partition coefficient (Wildman–Crippen LogP) is 2.64. The number of carbonyl (C=O) groups excluding carboxylic acids is 1. The zero-order valence-corrected chi connectivity index (χ0v) is 13.8. The first-order valence-electron chi connectivity index (χ1n) is 8.31. The molecule has 2 aromatic rings. The van der Waals surface area contributed by atoms with E-state index < -0.39 is 4.92 Å². The Morgan fingerprint density at radius 2 is 1.80 bits per heavy atom. The van der Waals surface area contributed by atoms with Crippen LogP contribution in [0.4, 0.5) is 11.4 Å². The molecule has 1 saturated heterocycles. The maximum absolute atomic E-state index is 12.2. The van der Waals surface area contributed by atoms with E-state index in [4.69, 9.17) is 0 Å². The minimum absolute atomic E-state index is 0.0139.